The fourth-order valence-electron chi connectivity index (χ4n) is 3.24. The molecule has 15 heteroatoms. The van der Waals surface area contributed by atoms with Crippen LogP contribution in [0.25, 0.3) is 32.7 Å². The van der Waals surface area contributed by atoms with E-state index in [0.717, 1.165) is 18.6 Å². The molecule has 6 aromatic heterocycles. The molecule has 0 fully saturated rings. The van der Waals surface area contributed by atoms with Gasteiger partial charge in [-0.05, 0) is 34.1 Å². The number of pyridine rings is 6. The molecule has 6 rings (SSSR count). The van der Waals surface area contributed by atoms with Gasteiger partial charge in [0.25, 0.3) is 0 Å². The minimum atomic E-state index is -0.553. The number of hydrogen-bond acceptors (Lipinski definition) is 9. The Kier molecular flexibility index (Phi) is 8.97. The molecule has 0 bridgehead atoms. The smallest absolute Gasteiger partial charge is 0.155 e. The van der Waals surface area contributed by atoms with Gasteiger partial charge in [0, 0.05) is 16.2 Å². The third-order valence-electron chi connectivity index (χ3n) is 5.08. The summed E-state index contributed by atoms with van der Waals surface area (Å²) in [7, 11) is 1.49. The third-order valence-corrected chi connectivity index (χ3v) is 6.21. The first kappa shape index (κ1) is 28.9. The second kappa shape index (κ2) is 12.4. The summed E-state index contributed by atoms with van der Waals surface area (Å²) in [6.45, 7) is 0. The molecule has 6 heterocycles. The summed E-state index contributed by atoms with van der Waals surface area (Å²) in [5.74, 6) is -1.20. The van der Waals surface area contributed by atoms with Crippen molar-refractivity contribution >= 4 is 71.8 Å². The molecular weight excluding hydrogens is 640 g/mol. The Morgan fingerprint density at radius 1 is 0.625 bits per heavy atom. The standard InChI is InChI=1S/C9H6ClFN2O.C8H4BrFN2O.C8H4ClFN2O/c1-14-5-2-6-7(11)4-13-9(10)8(6)12-3-5;2*9-8-7-5(6(10)3-12-8)1-4(13)2-11-7/h2-4H,1H3;2*1-3,13H. The number of aromatic hydroxyl groups is 2. The van der Waals surface area contributed by atoms with Crippen molar-refractivity contribution in [3.8, 4) is 17.2 Å². The first-order valence-corrected chi connectivity index (χ1v) is 12.3. The zero-order valence-corrected chi connectivity index (χ0v) is 23.0. The molecule has 0 saturated carbocycles. The van der Waals surface area contributed by atoms with Gasteiger partial charge in [-0.2, -0.15) is 0 Å². The molecule has 204 valence electrons. The summed E-state index contributed by atoms with van der Waals surface area (Å²) < 4.78 is 44.8. The van der Waals surface area contributed by atoms with E-state index in [4.69, 9.17) is 38.2 Å². The Balaban J connectivity index is 0.000000139. The highest BCUT2D eigenvalue weighted by Gasteiger charge is 2.09. The quantitative estimate of drug-likeness (QED) is 0.184. The van der Waals surface area contributed by atoms with Crippen LogP contribution in [0.15, 0.2) is 60.0 Å². The zero-order valence-electron chi connectivity index (χ0n) is 19.9. The van der Waals surface area contributed by atoms with Crippen LogP contribution in [0.3, 0.4) is 0 Å². The van der Waals surface area contributed by atoms with Crippen molar-refractivity contribution in [2.75, 3.05) is 7.11 Å². The number of fused-ring (bicyclic) bond motifs is 3. The molecule has 6 aromatic rings. The van der Waals surface area contributed by atoms with Gasteiger partial charge in [0.05, 0.1) is 44.3 Å². The van der Waals surface area contributed by atoms with E-state index >= 15 is 0 Å². The molecule has 0 spiro atoms. The highest BCUT2D eigenvalue weighted by molar-refractivity contribution is 9.10. The molecular formula is C25H14BrCl2F3N6O3. The molecule has 2 N–H and O–H groups in total. The van der Waals surface area contributed by atoms with Crippen LogP contribution in [0.1, 0.15) is 0 Å². The van der Waals surface area contributed by atoms with Gasteiger partial charge in [0.2, 0.25) is 0 Å². The molecule has 0 unspecified atom stereocenters. The van der Waals surface area contributed by atoms with E-state index in [1.807, 2.05) is 0 Å². The van der Waals surface area contributed by atoms with Crippen LogP contribution in [-0.2, 0) is 0 Å². The Bertz CT molecular complexity index is 1780. The predicted molar refractivity (Wildman–Crippen MR) is 146 cm³/mol. The van der Waals surface area contributed by atoms with Crippen LogP contribution in [0.4, 0.5) is 13.2 Å². The van der Waals surface area contributed by atoms with Crippen molar-refractivity contribution in [2.24, 2.45) is 0 Å². The number of nitrogens with zero attached hydrogens (tertiary/aromatic N) is 6. The van der Waals surface area contributed by atoms with Crippen LogP contribution in [0.5, 0.6) is 17.2 Å². The SMILES string of the molecule is COc1cnc2c(Cl)ncc(F)c2c1.Oc1cnc2c(Br)ncc(F)c2c1.Oc1cnc2c(Cl)ncc(F)c2c1. The molecule has 0 atom stereocenters. The maximum Gasteiger partial charge on any atom is 0.155 e. The Morgan fingerprint density at radius 2 is 1.05 bits per heavy atom. The van der Waals surface area contributed by atoms with E-state index in [0.29, 0.717) is 26.8 Å². The first-order chi connectivity index (χ1) is 19.1. The van der Waals surface area contributed by atoms with Crippen LogP contribution >= 0.6 is 39.1 Å². The van der Waals surface area contributed by atoms with Crippen LogP contribution in [0.2, 0.25) is 10.3 Å². The molecule has 0 aromatic carbocycles. The van der Waals surface area contributed by atoms with E-state index in [9.17, 15) is 13.2 Å². The fourth-order valence-corrected chi connectivity index (χ4v) is 4.05. The fraction of sp³-hybridized carbons (Fsp3) is 0.0400. The molecule has 0 radical (unpaired) electrons. The van der Waals surface area contributed by atoms with Gasteiger partial charge in [0.15, 0.2) is 27.8 Å². The Hall–Kier alpha value is -4.07. The lowest BCUT2D eigenvalue weighted by Gasteiger charge is -2.02. The average molecular weight is 654 g/mol. The van der Waals surface area contributed by atoms with E-state index in [1.54, 1.807) is 0 Å². The van der Waals surface area contributed by atoms with Crippen molar-refractivity contribution in [3.63, 3.8) is 0 Å². The summed E-state index contributed by atoms with van der Waals surface area (Å²) in [6.07, 6.45) is 7.03. The maximum atomic E-state index is 13.3. The molecule has 9 nitrogen and oxygen atoms in total. The van der Waals surface area contributed by atoms with E-state index in [1.165, 1.54) is 43.9 Å². The number of rotatable bonds is 1. The van der Waals surface area contributed by atoms with Gasteiger partial charge in [-0.15, -0.1) is 0 Å². The summed E-state index contributed by atoms with van der Waals surface area (Å²) in [6, 6.07) is 4.10. The van der Waals surface area contributed by atoms with Crippen LogP contribution in [-0.4, -0.2) is 47.2 Å². The lowest BCUT2D eigenvalue weighted by molar-refractivity contribution is 0.413. The van der Waals surface area contributed by atoms with Crippen LogP contribution in [0, 0.1) is 17.5 Å². The third kappa shape index (κ3) is 6.38. The number of halogens is 6. The highest BCUT2D eigenvalue weighted by atomic mass is 79.9. The maximum absolute atomic E-state index is 13.3. The van der Waals surface area contributed by atoms with Gasteiger partial charge < -0.3 is 14.9 Å². The van der Waals surface area contributed by atoms with Crippen molar-refractivity contribution in [1.29, 1.82) is 0 Å². The summed E-state index contributed by atoms with van der Waals surface area (Å²) >= 11 is 14.5. The van der Waals surface area contributed by atoms with E-state index < -0.39 is 17.5 Å². The van der Waals surface area contributed by atoms with E-state index in [2.05, 4.69) is 45.8 Å². The number of hydrogen-bond donors (Lipinski definition) is 2. The van der Waals surface area contributed by atoms with E-state index in [-0.39, 0.29) is 38.1 Å². The lowest BCUT2D eigenvalue weighted by Crippen LogP contribution is -1.90. The van der Waals surface area contributed by atoms with Crippen molar-refractivity contribution in [3.05, 3.63) is 87.7 Å². The first-order valence-electron chi connectivity index (χ1n) is 10.8. The Morgan fingerprint density at radius 3 is 1.57 bits per heavy atom. The second-order valence-electron chi connectivity index (χ2n) is 7.64. The van der Waals surface area contributed by atoms with Gasteiger partial charge >= 0.3 is 0 Å². The average Bonchev–Trinajstić information content (AvgIpc) is 2.95. The lowest BCUT2D eigenvalue weighted by atomic mass is 10.2. The number of ether oxygens (including phenoxy) is 1. The normalized spacial score (nSPS) is 10.6. The number of aromatic nitrogens is 6. The van der Waals surface area contributed by atoms with Crippen molar-refractivity contribution in [1.82, 2.24) is 29.9 Å². The molecule has 0 aliphatic rings. The molecule has 0 aliphatic carbocycles. The summed E-state index contributed by atoms with van der Waals surface area (Å²) in [5.41, 5.74) is 0.990. The molecule has 0 amide bonds. The van der Waals surface area contributed by atoms with Gasteiger partial charge in [-0.1, -0.05) is 23.2 Å². The highest BCUT2D eigenvalue weighted by Crippen LogP contribution is 2.26. The van der Waals surface area contributed by atoms with Gasteiger partial charge in [-0.3, -0.25) is 0 Å². The van der Waals surface area contributed by atoms with Crippen molar-refractivity contribution in [2.45, 2.75) is 0 Å². The minimum Gasteiger partial charge on any atom is -0.506 e. The summed E-state index contributed by atoms with van der Waals surface area (Å²) in [5, 5.41) is 19.2. The summed E-state index contributed by atoms with van der Waals surface area (Å²) in [4.78, 5) is 22.5. The monoisotopic (exact) mass is 652 g/mol. The number of methoxy groups -OCH3 is 1. The largest absolute Gasteiger partial charge is 0.506 e. The van der Waals surface area contributed by atoms with Crippen LogP contribution < -0.4 is 4.74 Å². The predicted octanol–water partition coefficient (Wildman–Crippen LogP) is 6.80. The van der Waals surface area contributed by atoms with Crippen molar-refractivity contribution < 1.29 is 28.1 Å². The molecule has 0 aliphatic heterocycles. The molecule has 40 heavy (non-hydrogen) atoms. The topological polar surface area (TPSA) is 127 Å². The van der Waals surface area contributed by atoms with Gasteiger partial charge in [-0.25, -0.2) is 43.1 Å². The molecule has 0 saturated heterocycles. The second-order valence-corrected chi connectivity index (χ2v) is 9.11. The Labute approximate surface area is 241 Å². The van der Waals surface area contributed by atoms with Gasteiger partial charge in [0.1, 0.15) is 38.4 Å². The zero-order chi connectivity index (χ0) is 29.0. The minimum absolute atomic E-state index is 0.0653.